The lowest BCUT2D eigenvalue weighted by Gasteiger charge is -2.34. The van der Waals surface area contributed by atoms with E-state index in [2.05, 4.69) is 22.8 Å². The fourth-order valence-electron chi connectivity index (χ4n) is 3.02. The standard InChI is InChI=1S/C17H29N3O2/c1-17(2,3)19-16(22)20-10-8-14(9-11-20)18-15(21)12-13-6-4-5-7-13/h4,6,13-14H,5,7-12H2,1-3H3,(H,18,21)(H,19,22)/t13-/m1/s1. The molecule has 0 aromatic rings. The van der Waals surface area contributed by atoms with Gasteiger partial charge in [0.2, 0.25) is 5.91 Å². The largest absolute Gasteiger partial charge is 0.353 e. The molecule has 1 heterocycles. The SMILES string of the molecule is CC(C)(C)NC(=O)N1CCC(NC(=O)C[C@@H]2C=CCC2)CC1. The molecular weight excluding hydrogens is 278 g/mol. The number of hydrogen-bond donors (Lipinski definition) is 2. The minimum absolute atomic E-state index is 0.00614. The maximum atomic E-state index is 12.1. The number of likely N-dealkylation sites (tertiary alicyclic amines) is 1. The summed E-state index contributed by atoms with van der Waals surface area (Å²) in [4.78, 5) is 26.0. The Labute approximate surface area is 133 Å². The second kappa shape index (κ2) is 7.16. The van der Waals surface area contributed by atoms with E-state index in [4.69, 9.17) is 0 Å². The van der Waals surface area contributed by atoms with Crippen LogP contribution in [0.4, 0.5) is 4.79 Å². The quantitative estimate of drug-likeness (QED) is 0.787. The molecule has 0 bridgehead atoms. The number of allylic oxidation sites excluding steroid dienone is 2. The number of nitrogens with one attached hydrogen (secondary N) is 2. The number of piperidine rings is 1. The lowest BCUT2D eigenvalue weighted by molar-refractivity contribution is -0.122. The Balaban J connectivity index is 1.69. The van der Waals surface area contributed by atoms with E-state index in [9.17, 15) is 9.59 Å². The highest BCUT2D eigenvalue weighted by Crippen LogP contribution is 2.20. The van der Waals surface area contributed by atoms with Crippen LogP contribution in [0.1, 0.15) is 52.9 Å². The van der Waals surface area contributed by atoms with Gasteiger partial charge in [-0.25, -0.2) is 4.79 Å². The summed E-state index contributed by atoms with van der Waals surface area (Å²) in [7, 11) is 0. The molecule has 0 unspecified atom stereocenters. The molecule has 1 saturated heterocycles. The molecule has 0 spiro atoms. The molecule has 2 N–H and O–H groups in total. The first-order valence-corrected chi connectivity index (χ1v) is 8.36. The van der Waals surface area contributed by atoms with Crippen LogP contribution < -0.4 is 10.6 Å². The van der Waals surface area contributed by atoms with E-state index in [1.807, 2.05) is 25.7 Å². The van der Waals surface area contributed by atoms with Crippen LogP contribution in [-0.2, 0) is 4.79 Å². The zero-order valence-electron chi connectivity index (χ0n) is 14.0. The van der Waals surface area contributed by atoms with Gasteiger partial charge in [0.05, 0.1) is 0 Å². The third-order valence-electron chi connectivity index (χ3n) is 4.19. The summed E-state index contributed by atoms with van der Waals surface area (Å²) in [6.45, 7) is 7.35. The van der Waals surface area contributed by atoms with Gasteiger partial charge in [0, 0.05) is 31.1 Å². The van der Waals surface area contributed by atoms with Gasteiger partial charge >= 0.3 is 6.03 Å². The molecule has 0 radical (unpaired) electrons. The molecule has 3 amide bonds. The molecule has 5 heteroatoms. The van der Waals surface area contributed by atoms with Crippen molar-refractivity contribution in [2.75, 3.05) is 13.1 Å². The normalized spacial score (nSPS) is 22.7. The zero-order valence-corrected chi connectivity index (χ0v) is 14.0. The number of nitrogens with zero attached hydrogens (tertiary/aromatic N) is 1. The van der Waals surface area contributed by atoms with E-state index in [1.54, 1.807) is 0 Å². The first-order valence-electron chi connectivity index (χ1n) is 8.36. The molecule has 0 aromatic heterocycles. The monoisotopic (exact) mass is 307 g/mol. The van der Waals surface area contributed by atoms with E-state index >= 15 is 0 Å². The number of hydrogen-bond acceptors (Lipinski definition) is 2. The Kier molecular flexibility index (Phi) is 5.48. The smallest absolute Gasteiger partial charge is 0.317 e. The van der Waals surface area contributed by atoms with Gasteiger partial charge in [0.1, 0.15) is 0 Å². The zero-order chi connectivity index (χ0) is 16.2. The van der Waals surface area contributed by atoms with Gasteiger partial charge in [-0.3, -0.25) is 4.79 Å². The van der Waals surface area contributed by atoms with Gasteiger partial charge in [-0.15, -0.1) is 0 Å². The van der Waals surface area contributed by atoms with Crippen LogP contribution in [0, 0.1) is 5.92 Å². The van der Waals surface area contributed by atoms with Crippen molar-refractivity contribution >= 4 is 11.9 Å². The molecule has 1 aliphatic heterocycles. The van der Waals surface area contributed by atoms with Crippen molar-refractivity contribution in [1.82, 2.24) is 15.5 Å². The highest BCUT2D eigenvalue weighted by atomic mass is 16.2. The van der Waals surface area contributed by atoms with Crippen LogP contribution in [0.3, 0.4) is 0 Å². The maximum Gasteiger partial charge on any atom is 0.317 e. The fourth-order valence-corrected chi connectivity index (χ4v) is 3.02. The van der Waals surface area contributed by atoms with Crippen molar-refractivity contribution < 1.29 is 9.59 Å². The van der Waals surface area contributed by atoms with E-state index in [1.165, 1.54) is 0 Å². The molecule has 0 saturated carbocycles. The average molecular weight is 307 g/mol. The fraction of sp³-hybridized carbons (Fsp3) is 0.765. The summed E-state index contributed by atoms with van der Waals surface area (Å²) in [6.07, 6.45) is 8.77. The van der Waals surface area contributed by atoms with Crippen molar-refractivity contribution in [2.45, 2.75) is 64.5 Å². The highest BCUT2D eigenvalue weighted by Gasteiger charge is 2.26. The number of carbonyl (C=O) groups excluding carboxylic acids is 2. The Hall–Kier alpha value is -1.52. The molecule has 22 heavy (non-hydrogen) atoms. The van der Waals surface area contributed by atoms with E-state index in [0.717, 1.165) is 25.7 Å². The summed E-state index contributed by atoms with van der Waals surface area (Å²) >= 11 is 0. The minimum Gasteiger partial charge on any atom is -0.353 e. The molecule has 1 fully saturated rings. The summed E-state index contributed by atoms with van der Waals surface area (Å²) in [5.74, 6) is 0.562. The van der Waals surface area contributed by atoms with Crippen molar-refractivity contribution in [3.05, 3.63) is 12.2 Å². The number of rotatable bonds is 3. The third kappa shape index (κ3) is 5.35. The van der Waals surface area contributed by atoms with Gasteiger partial charge in [-0.2, -0.15) is 0 Å². The van der Waals surface area contributed by atoms with Crippen LogP contribution >= 0.6 is 0 Å². The van der Waals surface area contributed by atoms with Crippen LogP contribution in [0.2, 0.25) is 0 Å². The number of urea groups is 1. The van der Waals surface area contributed by atoms with Gasteiger partial charge in [-0.1, -0.05) is 12.2 Å². The van der Waals surface area contributed by atoms with Crippen LogP contribution in [0.15, 0.2) is 12.2 Å². The number of amides is 3. The Morgan fingerprint density at radius 2 is 1.86 bits per heavy atom. The molecule has 1 aliphatic carbocycles. The predicted molar refractivity (Wildman–Crippen MR) is 87.5 cm³/mol. The van der Waals surface area contributed by atoms with Crippen molar-refractivity contribution in [3.63, 3.8) is 0 Å². The summed E-state index contributed by atoms with van der Waals surface area (Å²) < 4.78 is 0. The second-order valence-electron chi connectivity index (χ2n) is 7.48. The lowest BCUT2D eigenvalue weighted by atomic mass is 10.0. The topological polar surface area (TPSA) is 61.4 Å². The minimum atomic E-state index is -0.211. The van der Waals surface area contributed by atoms with Crippen LogP contribution in [0.25, 0.3) is 0 Å². The molecule has 0 aromatic carbocycles. The van der Waals surface area contributed by atoms with Gasteiger partial charge in [0.15, 0.2) is 0 Å². The Morgan fingerprint density at radius 3 is 2.41 bits per heavy atom. The van der Waals surface area contributed by atoms with Crippen molar-refractivity contribution in [3.8, 4) is 0 Å². The molecule has 5 nitrogen and oxygen atoms in total. The van der Waals surface area contributed by atoms with E-state index in [0.29, 0.717) is 25.4 Å². The molecule has 2 aliphatic rings. The van der Waals surface area contributed by atoms with Crippen LogP contribution in [-0.4, -0.2) is 41.5 Å². The van der Waals surface area contributed by atoms with E-state index < -0.39 is 0 Å². The Morgan fingerprint density at radius 1 is 1.18 bits per heavy atom. The van der Waals surface area contributed by atoms with Gasteiger partial charge < -0.3 is 15.5 Å². The van der Waals surface area contributed by atoms with Gasteiger partial charge in [0.25, 0.3) is 0 Å². The number of carbonyl (C=O) groups is 2. The molecule has 2 rings (SSSR count). The van der Waals surface area contributed by atoms with E-state index in [-0.39, 0.29) is 23.5 Å². The lowest BCUT2D eigenvalue weighted by Crippen LogP contribution is -2.53. The van der Waals surface area contributed by atoms with Crippen molar-refractivity contribution in [2.24, 2.45) is 5.92 Å². The summed E-state index contributed by atoms with van der Waals surface area (Å²) in [6, 6.07) is 0.199. The Bertz CT molecular complexity index is 432. The molecule has 124 valence electrons. The highest BCUT2D eigenvalue weighted by molar-refractivity contribution is 5.77. The average Bonchev–Trinajstić information content (AvgIpc) is 2.90. The second-order valence-corrected chi connectivity index (χ2v) is 7.48. The predicted octanol–water partition coefficient (Wildman–Crippen LogP) is 2.43. The van der Waals surface area contributed by atoms with Gasteiger partial charge in [-0.05, 0) is 52.4 Å². The molecule has 1 atom stereocenters. The third-order valence-corrected chi connectivity index (χ3v) is 4.19. The summed E-state index contributed by atoms with van der Waals surface area (Å²) in [5, 5.41) is 6.11. The van der Waals surface area contributed by atoms with Crippen LogP contribution in [0.5, 0.6) is 0 Å². The maximum absolute atomic E-state index is 12.1. The first kappa shape index (κ1) is 16.8. The van der Waals surface area contributed by atoms with Crippen molar-refractivity contribution in [1.29, 1.82) is 0 Å². The first-order chi connectivity index (χ1) is 10.3. The summed E-state index contributed by atoms with van der Waals surface area (Å²) in [5.41, 5.74) is -0.211. The molecular formula is C17H29N3O2.